The van der Waals surface area contributed by atoms with Crippen molar-refractivity contribution >= 4 is 27.9 Å². The van der Waals surface area contributed by atoms with E-state index in [1.807, 2.05) is 59.6 Å². The maximum absolute atomic E-state index is 12.0. The largest absolute Gasteiger partial charge is 0.297 e. The molecule has 1 N–H and O–H groups in total. The van der Waals surface area contributed by atoms with E-state index in [2.05, 4.69) is 10.4 Å². The molecule has 1 aromatic carbocycles. The van der Waals surface area contributed by atoms with Crippen LogP contribution in [0.2, 0.25) is 0 Å². The van der Waals surface area contributed by atoms with Gasteiger partial charge in [0.15, 0.2) is 4.96 Å². The van der Waals surface area contributed by atoms with Crippen molar-refractivity contribution in [2.45, 2.75) is 6.42 Å². The molecule has 0 aliphatic carbocycles. The van der Waals surface area contributed by atoms with E-state index in [0.29, 0.717) is 0 Å². The Hall–Kier alpha value is -2.34. The Kier molecular flexibility index (Phi) is 3.39. The number of anilines is 1. The molecule has 2 heterocycles. The van der Waals surface area contributed by atoms with E-state index in [9.17, 15) is 4.79 Å². The van der Waals surface area contributed by atoms with Crippen molar-refractivity contribution < 1.29 is 4.79 Å². The number of aromatic nitrogens is 2. The minimum atomic E-state index is -0.0814. The fourth-order valence-electron chi connectivity index (χ4n) is 1.97. The molecule has 6 heteroatoms. The quantitative estimate of drug-likeness (QED) is 0.747. The van der Waals surface area contributed by atoms with Gasteiger partial charge in [0, 0.05) is 24.8 Å². The Balaban J connectivity index is 1.63. The molecular formula is C14H14N4OS. The van der Waals surface area contributed by atoms with Crippen molar-refractivity contribution in [1.82, 2.24) is 14.8 Å². The molecule has 0 fully saturated rings. The molecule has 5 nitrogen and oxygen atoms in total. The van der Waals surface area contributed by atoms with Gasteiger partial charge in [-0.2, -0.15) is 0 Å². The van der Waals surface area contributed by atoms with Gasteiger partial charge in [-0.1, -0.05) is 18.2 Å². The van der Waals surface area contributed by atoms with Crippen LogP contribution in [-0.4, -0.2) is 22.3 Å². The molecule has 0 spiro atoms. The maximum atomic E-state index is 12.0. The smallest absolute Gasteiger partial charge is 0.244 e. The number of hydrazine groups is 1. The highest BCUT2D eigenvalue weighted by atomic mass is 32.1. The number of nitrogens with zero attached hydrogens (tertiary/aromatic N) is 3. The normalized spacial score (nSPS) is 10.7. The second kappa shape index (κ2) is 5.34. The van der Waals surface area contributed by atoms with E-state index < -0.39 is 0 Å². The lowest BCUT2D eigenvalue weighted by Crippen LogP contribution is -2.40. The first-order valence-electron chi connectivity index (χ1n) is 6.22. The van der Waals surface area contributed by atoms with Crippen molar-refractivity contribution in [2.24, 2.45) is 0 Å². The van der Waals surface area contributed by atoms with Crippen molar-refractivity contribution in [1.29, 1.82) is 0 Å². The number of thiazole rings is 1. The summed E-state index contributed by atoms with van der Waals surface area (Å²) in [6.45, 7) is 0. The minimum Gasteiger partial charge on any atom is -0.297 e. The summed E-state index contributed by atoms with van der Waals surface area (Å²) in [5, 5.41) is 3.68. The molecule has 2 aromatic heterocycles. The molecule has 0 aliphatic rings. The highest BCUT2D eigenvalue weighted by Crippen LogP contribution is 2.12. The molecule has 20 heavy (non-hydrogen) atoms. The SMILES string of the molecule is CN(NC(=O)Cc1cn2ccsc2n1)c1ccccc1. The second-order valence-electron chi connectivity index (χ2n) is 4.43. The first-order valence-corrected chi connectivity index (χ1v) is 7.10. The standard InChI is InChI=1S/C14H14N4OS/c1-17(12-5-3-2-4-6-12)16-13(19)9-11-10-18-7-8-20-14(18)15-11/h2-8,10H,9H2,1H3,(H,16,19). The fourth-order valence-corrected chi connectivity index (χ4v) is 2.69. The summed E-state index contributed by atoms with van der Waals surface area (Å²) in [5.74, 6) is -0.0814. The van der Waals surface area contributed by atoms with Crippen molar-refractivity contribution in [2.75, 3.05) is 12.1 Å². The molecule has 0 bridgehead atoms. The number of carbonyl (C=O) groups excluding carboxylic acids is 1. The van der Waals surface area contributed by atoms with Crippen LogP contribution in [0.3, 0.4) is 0 Å². The van der Waals surface area contributed by atoms with Crippen LogP contribution in [0.1, 0.15) is 5.69 Å². The van der Waals surface area contributed by atoms with Gasteiger partial charge in [0.25, 0.3) is 0 Å². The zero-order valence-corrected chi connectivity index (χ0v) is 11.8. The number of carbonyl (C=O) groups is 1. The van der Waals surface area contributed by atoms with Gasteiger partial charge in [0.1, 0.15) is 0 Å². The lowest BCUT2D eigenvalue weighted by atomic mass is 10.3. The second-order valence-corrected chi connectivity index (χ2v) is 5.30. The number of imidazole rings is 1. The summed E-state index contributed by atoms with van der Waals surface area (Å²) in [7, 11) is 1.82. The summed E-state index contributed by atoms with van der Waals surface area (Å²) >= 11 is 1.56. The van der Waals surface area contributed by atoms with Crippen molar-refractivity contribution in [3.05, 3.63) is 53.8 Å². The van der Waals surface area contributed by atoms with E-state index in [0.717, 1.165) is 16.3 Å². The fraction of sp³-hybridized carbons (Fsp3) is 0.143. The summed E-state index contributed by atoms with van der Waals surface area (Å²) in [4.78, 5) is 17.3. The van der Waals surface area contributed by atoms with Gasteiger partial charge in [-0.15, -0.1) is 11.3 Å². The zero-order chi connectivity index (χ0) is 13.9. The predicted octanol–water partition coefficient (Wildman–Crippen LogP) is 2.11. The maximum Gasteiger partial charge on any atom is 0.244 e. The molecule has 0 atom stereocenters. The average Bonchev–Trinajstić information content (AvgIpc) is 3.00. The Morgan fingerprint density at radius 1 is 1.40 bits per heavy atom. The molecule has 0 saturated carbocycles. The number of para-hydroxylation sites is 1. The lowest BCUT2D eigenvalue weighted by molar-refractivity contribution is -0.120. The molecule has 0 radical (unpaired) electrons. The Morgan fingerprint density at radius 2 is 2.20 bits per heavy atom. The Labute approximate surface area is 120 Å². The molecule has 0 aliphatic heterocycles. The highest BCUT2D eigenvalue weighted by molar-refractivity contribution is 7.15. The van der Waals surface area contributed by atoms with E-state index >= 15 is 0 Å². The van der Waals surface area contributed by atoms with Crippen LogP contribution < -0.4 is 10.4 Å². The van der Waals surface area contributed by atoms with Crippen molar-refractivity contribution in [3.63, 3.8) is 0 Å². The third-order valence-corrected chi connectivity index (χ3v) is 3.69. The number of nitrogens with one attached hydrogen (secondary N) is 1. The van der Waals surface area contributed by atoms with Crippen LogP contribution >= 0.6 is 11.3 Å². The molecule has 3 rings (SSSR count). The minimum absolute atomic E-state index is 0.0814. The van der Waals surface area contributed by atoms with Crippen LogP contribution in [0.15, 0.2) is 48.1 Å². The van der Waals surface area contributed by atoms with Crippen LogP contribution in [0.5, 0.6) is 0 Å². The summed E-state index contributed by atoms with van der Waals surface area (Å²) in [5.41, 5.74) is 4.54. The number of fused-ring (bicyclic) bond motifs is 1. The molecule has 102 valence electrons. The van der Waals surface area contributed by atoms with Gasteiger partial charge in [0.2, 0.25) is 5.91 Å². The molecule has 0 saturated heterocycles. The topological polar surface area (TPSA) is 49.6 Å². The number of rotatable bonds is 4. The summed E-state index contributed by atoms with van der Waals surface area (Å²) in [6, 6.07) is 9.68. The molecular weight excluding hydrogens is 272 g/mol. The third kappa shape index (κ3) is 2.65. The zero-order valence-electron chi connectivity index (χ0n) is 11.0. The van der Waals surface area contributed by atoms with Gasteiger partial charge in [-0.05, 0) is 12.1 Å². The third-order valence-electron chi connectivity index (χ3n) is 2.92. The number of hydrogen-bond acceptors (Lipinski definition) is 4. The monoisotopic (exact) mass is 286 g/mol. The van der Waals surface area contributed by atoms with E-state index in [4.69, 9.17) is 0 Å². The van der Waals surface area contributed by atoms with Crippen LogP contribution in [0, 0.1) is 0 Å². The first kappa shape index (κ1) is 12.7. The van der Waals surface area contributed by atoms with Crippen LogP contribution in [0.25, 0.3) is 4.96 Å². The molecule has 3 aromatic rings. The van der Waals surface area contributed by atoms with Crippen LogP contribution in [0.4, 0.5) is 5.69 Å². The number of amides is 1. The first-order chi connectivity index (χ1) is 9.72. The van der Waals surface area contributed by atoms with E-state index in [1.165, 1.54) is 0 Å². The van der Waals surface area contributed by atoms with Gasteiger partial charge in [-0.25, -0.2) is 4.98 Å². The average molecular weight is 286 g/mol. The molecule has 0 unspecified atom stereocenters. The predicted molar refractivity (Wildman–Crippen MR) is 79.8 cm³/mol. The highest BCUT2D eigenvalue weighted by Gasteiger charge is 2.10. The summed E-state index contributed by atoms with van der Waals surface area (Å²) < 4.78 is 1.92. The van der Waals surface area contributed by atoms with Crippen LogP contribution in [-0.2, 0) is 11.2 Å². The molecule has 1 amide bonds. The van der Waals surface area contributed by atoms with Gasteiger partial charge >= 0.3 is 0 Å². The van der Waals surface area contributed by atoms with Gasteiger partial charge in [0.05, 0.1) is 17.8 Å². The van der Waals surface area contributed by atoms with Gasteiger partial charge in [-0.3, -0.25) is 19.6 Å². The Morgan fingerprint density at radius 3 is 2.95 bits per heavy atom. The van der Waals surface area contributed by atoms with Crippen molar-refractivity contribution in [3.8, 4) is 0 Å². The van der Waals surface area contributed by atoms with Gasteiger partial charge < -0.3 is 0 Å². The Bertz CT molecular complexity index is 690. The number of hydrogen-bond donors (Lipinski definition) is 1. The van der Waals surface area contributed by atoms with E-state index in [-0.39, 0.29) is 12.3 Å². The number of benzene rings is 1. The van der Waals surface area contributed by atoms with E-state index in [1.54, 1.807) is 16.3 Å². The summed E-state index contributed by atoms with van der Waals surface area (Å²) in [6.07, 6.45) is 4.09. The lowest BCUT2D eigenvalue weighted by Gasteiger charge is -2.19.